The molecule has 0 aliphatic rings. The quantitative estimate of drug-likeness (QED) is 0.579. The second-order valence-corrected chi connectivity index (χ2v) is 5.42. The third kappa shape index (κ3) is 5.39. The van der Waals surface area contributed by atoms with E-state index in [1.54, 1.807) is 0 Å². The van der Waals surface area contributed by atoms with Crippen LogP contribution >= 0.6 is 25.3 Å². The summed E-state index contributed by atoms with van der Waals surface area (Å²) >= 11 is 8.47. The topological polar surface area (TPSA) is 18.5 Å². The van der Waals surface area contributed by atoms with Gasteiger partial charge in [0, 0.05) is 9.79 Å². The minimum absolute atomic E-state index is 0.699. The highest BCUT2D eigenvalue weighted by Crippen LogP contribution is 2.16. The van der Waals surface area contributed by atoms with Crippen molar-refractivity contribution >= 4 is 25.3 Å². The summed E-state index contributed by atoms with van der Waals surface area (Å²) in [5, 5.41) is 0. The van der Waals surface area contributed by atoms with Gasteiger partial charge in [0.15, 0.2) is 0 Å². The minimum atomic E-state index is 0.699. The molecule has 0 aliphatic carbocycles. The number of benzene rings is 2. The normalized spacial score (nSPS) is 10.3. The lowest BCUT2D eigenvalue weighted by atomic mass is 10.3. The molecule has 2 rings (SSSR count). The molecule has 106 valence electrons. The lowest BCUT2D eigenvalue weighted by Gasteiger charge is -2.08. The van der Waals surface area contributed by atoms with Gasteiger partial charge in [-0.15, -0.1) is 25.3 Å². The Bertz CT molecular complexity index is 460. The number of ether oxygens (including phenoxy) is 2. The number of hydrogen-bond acceptors (Lipinski definition) is 4. The molecule has 0 saturated carbocycles. The monoisotopic (exact) mass is 306 g/mol. The van der Waals surface area contributed by atoms with E-state index in [9.17, 15) is 0 Å². The van der Waals surface area contributed by atoms with E-state index in [2.05, 4.69) is 25.3 Å². The van der Waals surface area contributed by atoms with Crippen molar-refractivity contribution in [1.82, 2.24) is 0 Å². The van der Waals surface area contributed by atoms with E-state index in [1.807, 2.05) is 48.5 Å². The Kier molecular flexibility index (Phi) is 6.15. The molecule has 4 heteroatoms. The Morgan fingerprint density at radius 2 is 0.950 bits per heavy atom. The Morgan fingerprint density at radius 1 is 0.600 bits per heavy atom. The molecule has 0 amide bonds. The van der Waals surface area contributed by atoms with Gasteiger partial charge in [0.05, 0.1) is 13.2 Å². The van der Waals surface area contributed by atoms with E-state index in [0.717, 1.165) is 34.1 Å². The number of rotatable bonds is 7. The first-order valence-electron chi connectivity index (χ1n) is 6.58. The summed E-state index contributed by atoms with van der Waals surface area (Å²) in [5.74, 6) is 1.76. The van der Waals surface area contributed by atoms with Gasteiger partial charge in [0.2, 0.25) is 0 Å². The summed E-state index contributed by atoms with van der Waals surface area (Å²) in [6, 6.07) is 15.4. The van der Waals surface area contributed by atoms with Crippen molar-refractivity contribution in [1.29, 1.82) is 0 Å². The maximum absolute atomic E-state index is 5.63. The molecule has 0 bridgehead atoms. The molecule has 0 N–H and O–H groups in total. The first-order valence-corrected chi connectivity index (χ1v) is 7.47. The number of unbranched alkanes of at least 4 members (excludes halogenated alkanes) is 1. The maximum Gasteiger partial charge on any atom is 0.119 e. The molecule has 0 radical (unpaired) electrons. The van der Waals surface area contributed by atoms with Crippen LogP contribution in [0.2, 0.25) is 0 Å². The second-order valence-electron chi connectivity index (χ2n) is 4.39. The van der Waals surface area contributed by atoms with Gasteiger partial charge in [-0.3, -0.25) is 0 Å². The van der Waals surface area contributed by atoms with Crippen LogP contribution in [0.25, 0.3) is 0 Å². The largest absolute Gasteiger partial charge is 0.494 e. The van der Waals surface area contributed by atoms with Gasteiger partial charge in [-0.25, -0.2) is 0 Å². The van der Waals surface area contributed by atoms with Crippen molar-refractivity contribution in [2.75, 3.05) is 13.2 Å². The van der Waals surface area contributed by atoms with Crippen LogP contribution < -0.4 is 9.47 Å². The van der Waals surface area contributed by atoms with E-state index in [-0.39, 0.29) is 0 Å². The molecule has 0 atom stereocenters. The standard InChI is InChI=1S/C16H18O2S2/c19-15-7-3-13(4-8-15)17-11-1-2-12-18-14-5-9-16(20)10-6-14/h3-10,19-20H,1-2,11-12H2. The smallest absolute Gasteiger partial charge is 0.119 e. The fourth-order valence-electron chi connectivity index (χ4n) is 1.67. The van der Waals surface area contributed by atoms with Crippen LogP contribution in [-0.4, -0.2) is 13.2 Å². The highest BCUT2D eigenvalue weighted by molar-refractivity contribution is 7.80. The minimum Gasteiger partial charge on any atom is -0.494 e. The molecule has 20 heavy (non-hydrogen) atoms. The zero-order chi connectivity index (χ0) is 14.2. The highest BCUT2D eigenvalue weighted by atomic mass is 32.1. The fraction of sp³-hybridized carbons (Fsp3) is 0.250. The number of hydrogen-bond donors (Lipinski definition) is 2. The third-order valence-corrected chi connectivity index (χ3v) is 3.35. The molecule has 0 saturated heterocycles. The van der Waals surface area contributed by atoms with Gasteiger partial charge in [-0.05, 0) is 61.4 Å². The first-order chi connectivity index (χ1) is 9.74. The SMILES string of the molecule is Sc1ccc(OCCCCOc2ccc(S)cc2)cc1. The van der Waals surface area contributed by atoms with Gasteiger partial charge in [-0.1, -0.05) is 0 Å². The highest BCUT2D eigenvalue weighted by Gasteiger charge is 1.96. The van der Waals surface area contributed by atoms with Crippen LogP contribution in [0.5, 0.6) is 11.5 Å². The van der Waals surface area contributed by atoms with E-state index in [0.29, 0.717) is 13.2 Å². The zero-order valence-electron chi connectivity index (χ0n) is 11.2. The van der Waals surface area contributed by atoms with Crippen molar-refractivity contribution in [3.05, 3.63) is 48.5 Å². The molecule has 2 nitrogen and oxygen atoms in total. The Hall–Kier alpha value is -1.26. The first kappa shape index (κ1) is 15.1. The summed E-state index contributed by atoms with van der Waals surface area (Å²) in [6.07, 6.45) is 1.93. The van der Waals surface area contributed by atoms with Crippen LogP contribution in [0.3, 0.4) is 0 Å². The molecule has 0 aliphatic heterocycles. The van der Waals surface area contributed by atoms with Gasteiger partial charge in [-0.2, -0.15) is 0 Å². The summed E-state index contributed by atoms with van der Waals surface area (Å²) in [6.45, 7) is 1.40. The van der Waals surface area contributed by atoms with Gasteiger partial charge < -0.3 is 9.47 Å². The predicted octanol–water partition coefficient (Wildman–Crippen LogP) is 4.50. The molecule has 2 aromatic carbocycles. The second kappa shape index (κ2) is 8.12. The molecular formula is C16H18O2S2. The van der Waals surface area contributed by atoms with Crippen LogP contribution in [0, 0.1) is 0 Å². The van der Waals surface area contributed by atoms with E-state index in [1.165, 1.54) is 0 Å². The van der Waals surface area contributed by atoms with Crippen LogP contribution in [0.15, 0.2) is 58.3 Å². The zero-order valence-corrected chi connectivity index (χ0v) is 12.9. The molecule has 0 spiro atoms. The van der Waals surface area contributed by atoms with Crippen molar-refractivity contribution in [3.8, 4) is 11.5 Å². The van der Waals surface area contributed by atoms with Gasteiger partial charge in [0.1, 0.15) is 11.5 Å². The van der Waals surface area contributed by atoms with Crippen LogP contribution in [0.1, 0.15) is 12.8 Å². The van der Waals surface area contributed by atoms with Gasteiger partial charge in [0.25, 0.3) is 0 Å². The molecule has 0 fully saturated rings. The Balaban J connectivity index is 1.57. The Labute approximate surface area is 130 Å². The fourth-order valence-corrected chi connectivity index (χ4v) is 1.97. The lowest BCUT2D eigenvalue weighted by molar-refractivity contribution is 0.266. The van der Waals surface area contributed by atoms with Crippen molar-refractivity contribution in [2.24, 2.45) is 0 Å². The van der Waals surface area contributed by atoms with Crippen LogP contribution in [0.4, 0.5) is 0 Å². The predicted molar refractivity (Wildman–Crippen MR) is 87.6 cm³/mol. The summed E-state index contributed by atoms with van der Waals surface area (Å²) in [4.78, 5) is 1.89. The van der Waals surface area contributed by atoms with Crippen LogP contribution in [-0.2, 0) is 0 Å². The average Bonchev–Trinajstić information content (AvgIpc) is 2.46. The summed E-state index contributed by atoms with van der Waals surface area (Å²) in [7, 11) is 0. The molecule has 0 unspecified atom stereocenters. The average molecular weight is 306 g/mol. The molecule has 0 aromatic heterocycles. The van der Waals surface area contributed by atoms with E-state index in [4.69, 9.17) is 9.47 Å². The van der Waals surface area contributed by atoms with E-state index < -0.39 is 0 Å². The molecular weight excluding hydrogens is 288 g/mol. The molecule has 2 aromatic rings. The van der Waals surface area contributed by atoms with Gasteiger partial charge >= 0.3 is 0 Å². The Morgan fingerprint density at radius 3 is 1.30 bits per heavy atom. The third-order valence-electron chi connectivity index (χ3n) is 2.75. The van der Waals surface area contributed by atoms with Crippen molar-refractivity contribution < 1.29 is 9.47 Å². The summed E-state index contributed by atoms with van der Waals surface area (Å²) < 4.78 is 11.3. The van der Waals surface area contributed by atoms with E-state index >= 15 is 0 Å². The molecule has 0 heterocycles. The van der Waals surface area contributed by atoms with Crippen molar-refractivity contribution in [2.45, 2.75) is 22.6 Å². The number of thiol groups is 2. The maximum atomic E-state index is 5.63. The summed E-state index contributed by atoms with van der Waals surface area (Å²) in [5.41, 5.74) is 0. The van der Waals surface area contributed by atoms with Crippen molar-refractivity contribution in [3.63, 3.8) is 0 Å². The lowest BCUT2D eigenvalue weighted by Crippen LogP contribution is -2.02.